The van der Waals surface area contributed by atoms with Gasteiger partial charge in [-0.25, -0.2) is 0 Å². The molecule has 0 radical (unpaired) electrons. The highest BCUT2D eigenvalue weighted by atomic mass is 35.5. The van der Waals surface area contributed by atoms with Crippen molar-refractivity contribution in [3.8, 4) is 5.75 Å². The summed E-state index contributed by atoms with van der Waals surface area (Å²) in [5.41, 5.74) is 1.09. The minimum Gasteiger partial charge on any atom is -0.487 e. The monoisotopic (exact) mass is 226 g/mol. The van der Waals surface area contributed by atoms with Crippen LogP contribution in [0.1, 0.15) is 5.56 Å². The number of likely N-dealkylation sites (N-methyl/N-ethyl adjacent to an activating group) is 1. The summed E-state index contributed by atoms with van der Waals surface area (Å²) in [6.07, 6.45) is 2.64. The number of quaternary nitrogens is 1. The molecular weight excluding hydrogens is 210 g/mol. The molecule has 0 aliphatic rings. The highest BCUT2D eigenvalue weighted by Crippen LogP contribution is 2.23. The molecule has 0 heterocycles. The standard InChI is InChI=1S/C12H16ClNO/c1-3-4-10-9-11(13)5-6-12(10)15-8-7-14-2/h3,5-6,9,14H,1,4,7-8H2,2H3/p+1. The van der Waals surface area contributed by atoms with E-state index in [4.69, 9.17) is 16.3 Å². The lowest BCUT2D eigenvalue weighted by atomic mass is 10.1. The minimum atomic E-state index is 0.711. The van der Waals surface area contributed by atoms with Gasteiger partial charge < -0.3 is 10.1 Å². The van der Waals surface area contributed by atoms with Crippen LogP contribution in [0.15, 0.2) is 30.9 Å². The molecule has 0 amide bonds. The van der Waals surface area contributed by atoms with Crippen LogP contribution >= 0.6 is 11.6 Å². The molecule has 0 fully saturated rings. The number of allylic oxidation sites excluding steroid dienone is 1. The van der Waals surface area contributed by atoms with Gasteiger partial charge in [-0.2, -0.15) is 0 Å². The van der Waals surface area contributed by atoms with Gasteiger partial charge in [0, 0.05) is 5.02 Å². The number of halogens is 1. The van der Waals surface area contributed by atoms with Gasteiger partial charge in [0.25, 0.3) is 0 Å². The van der Waals surface area contributed by atoms with Gasteiger partial charge in [-0.15, -0.1) is 6.58 Å². The fourth-order valence-electron chi connectivity index (χ4n) is 1.29. The smallest absolute Gasteiger partial charge is 0.137 e. The van der Waals surface area contributed by atoms with Gasteiger partial charge in [-0.1, -0.05) is 17.7 Å². The number of benzene rings is 1. The Labute approximate surface area is 95.9 Å². The number of hydrogen-bond donors (Lipinski definition) is 1. The van der Waals surface area contributed by atoms with Gasteiger partial charge in [-0.05, 0) is 30.2 Å². The normalized spacial score (nSPS) is 10.0. The zero-order chi connectivity index (χ0) is 11.1. The summed E-state index contributed by atoms with van der Waals surface area (Å²) in [7, 11) is 2.02. The van der Waals surface area contributed by atoms with Crippen LogP contribution in [-0.2, 0) is 6.42 Å². The van der Waals surface area contributed by atoms with Crippen molar-refractivity contribution < 1.29 is 10.1 Å². The Kier molecular flexibility index (Phi) is 5.22. The summed E-state index contributed by atoms with van der Waals surface area (Å²) in [6, 6.07) is 5.68. The van der Waals surface area contributed by atoms with E-state index in [0.29, 0.717) is 6.61 Å². The van der Waals surface area contributed by atoms with Gasteiger partial charge in [0.15, 0.2) is 0 Å². The van der Waals surface area contributed by atoms with E-state index < -0.39 is 0 Å². The predicted octanol–water partition coefficient (Wildman–Crippen LogP) is 1.64. The second-order valence-corrected chi connectivity index (χ2v) is 3.73. The van der Waals surface area contributed by atoms with Crippen molar-refractivity contribution >= 4 is 11.6 Å². The Bertz CT molecular complexity index is 325. The highest BCUT2D eigenvalue weighted by molar-refractivity contribution is 6.30. The van der Waals surface area contributed by atoms with E-state index in [-0.39, 0.29) is 0 Å². The lowest BCUT2D eigenvalue weighted by Crippen LogP contribution is -2.80. The van der Waals surface area contributed by atoms with E-state index >= 15 is 0 Å². The molecule has 0 atom stereocenters. The van der Waals surface area contributed by atoms with Crippen LogP contribution in [0.25, 0.3) is 0 Å². The van der Waals surface area contributed by atoms with Crippen LogP contribution in [0.4, 0.5) is 0 Å². The molecule has 1 rings (SSSR count). The molecule has 2 N–H and O–H groups in total. The number of rotatable bonds is 6. The van der Waals surface area contributed by atoms with Crippen molar-refractivity contribution in [1.29, 1.82) is 0 Å². The van der Waals surface area contributed by atoms with E-state index in [1.807, 2.05) is 31.3 Å². The summed E-state index contributed by atoms with van der Waals surface area (Å²) in [5.74, 6) is 0.904. The fraction of sp³-hybridized carbons (Fsp3) is 0.333. The molecule has 0 saturated carbocycles. The van der Waals surface area contributed by atoms with E-state index in [1.54, 1.807) is 0 Å². The summed E-state index contributed by atoms with van der Waals surface area (Å²) in [4.78, 5) is 0. The fourth-order valence-corrected chi connectivity index (χ4v) is 1.49. The minimum absolute atomic E-state index is 0.711. The molecule has 0 aromatic heterocycles. The van der Waals surface area contributed by atoms with Crippen molar-refractivity contribution in [3.05, 3.63) is 41.4 Å². The first-order valence-corrected chi connectivity index (χ1v) is 5.45. The third kappa shape index (κ3) is 3.94. The number of ether oxygens (including phenoxy) is 1. The molecule has 82 valence electrons. The first-order chi connectivity index (χ1) is 7.27. The van der Waals surface area contributed by atoms with Gasteiger partial charge >= 0.3 is 0 Å². The summed E-state index contributed by atoms with van der Waals surface area (Å²) < 4.78 is 5.65. The number of hydrogen-bond acceptors (Lipinski definition) is 1. The summed E-state index contributed by atoms with van der Waals surface area (Å²) in [5, 5.41) is 2.82. The molecule has 2 nitrogen and oxygen atoms in total. The van der Waals surface area contributed by atoms with E-state index in [2.05, 4.69) is 11.9 Å². The SMILES string of the molecule is C=CCc1cc(Cl)ccc1OCC[NH2+]C. The van der Waals surface area contributed by atoms with Crippen molar-refractivity contribution in [3.63, 3.8) is 0 Å². The quantitative estimate of drug-likeness (QED) is 0.579. The molecular formula is C12H17ClNO+. The zero-order valence-corrected chi connectivity index (χ0v) is 9.76. The molecule has 3 heteroatoms. The zero-order valence-electron chi connectivity index (χ0n) is 9.00. The van der Waals surface area contributed by atoms with Crippen LogP contribution < -0.4 is 10.1 Å². The maximum atomic E-state index is 5.92. The summed E-state index contributed by atoms with van der Waals surface area (Å²) >= 11 is 5.92. The molecule has 0 saturated heterocycles. The van der Waals surface area contributed by atoms with E-state index in [1.165, 1.54) is 0 Å². The average molecular weight is 227 g/mol. The van der Waals surface area contributed by atoms with Gasteiger partial charge in [0.2, 0.25) is 0 Å². The van der Waals surface area contributed by atoms with Gasteiger partial charge in [0.1, 0.15) is 18.9 Å². The maximum absolute atomic E-state index is 5.92. The molecule has 0 unspecified atom stereocenters. The molecule has 1 aromatic carbocycles. The third-order valence-corrected chi connectivity index (χ3v) is 2.29. The molecule has 0 bridgehead atoms. The molecule has 15 heavy (non-hydrogen) atoms. The number of nitrogens with two attached hydrogens (primary N) is 1. The van der Waals surface area contributed by atoms with Crippen LogP contribution in [0, 0.1) is 0 Å². The first-order valence-electron chi connectivity index (χ1n) is 5.08. The Morgan fingerprint density at radius 3 is 3.00 bits per heavy atom. The molecule has 0 aliphatic heterocycles. The molecule has 0 spiro atoms. The van der Waals surface area contributed by atoms with Crippen molar-refractivity contribution in [2.75, 3.05) is 20.2 Å². The van der Waals surface area contributed by atoms with E-state index in [0.717, 1.165) is 29.3 Å². The topological polar surface area (TPSA) is 25.8 Å². The van der Waals surface area contributed by atoms with Crippen LogP contribution in [0.2, 0.25) is 5.02 Å². The first kappa shape index (κ1) is 12.1. The van der Waals surface area contributed by atoms with Crippen molar-refractivity contribution in [2.24, 2.45) is 0 Å². The Balaban J connectivity index is 2.71. The van der Waals surface area contributed by atoms with Crippen molar-refractivity contribution in [2.45, 2.75) is 6.42 Å². The maximum Gasteiger partial charge on any atom is 0.137 e. The van der Waals surface area contributed by atoms with Crippen LogP contribution in [-0.4, -0.2) is 20.2 Å². The Morgan fingerprint density at radius 1 is 1.53 bits per heavy atom. The Hall–Kier alpha value is -0.990. The lowest BCUT2D eigenvalue weighted by molar-refractivity contribution is -0.627. The predicted molar refractivity (Wildman–Crippen MR) is 63.6 cm³/mol. The largest absolute Gasteiger partial charge is 0.487 e. The average Bonchev–Trinajstić information content (AvgIpc) is 2.22. The lowest BCUT2D eigenvalue weighted by Gasteiger charge is -2.09. The van der Waals surface area contributed by atoms with Crippen LogP contribution in [0.5, 0.6) is 5.75 Å². The molecule has 1 aromatic rings. The van der Waals surface area contributed by atoms with Crippen LogP contribution in [0.3, 0.4) is 0 Å². The van der Waals surface area contributed by atoms with Crippen molar-refractivity contribution in [1.82, 2.24) is 0 Å². The Morgan fingerprint density at radius 2 is 2.33 bits per heavy atom. The van der Waals surface area contributed by atoms with E-state index in [9.17, 15) is 0 Å². The second kappa shape index (κ2) is 6.49. The van der Waals surface area contributed by atoms with Gasteiger partial charge in [-0.3, -0.25) is 0 Å². The second-order valence-electron chi connectivity index (χ2n) is 3.29. The highest BCUT2D eigenvalue weighted by Gasteiger charge is 2.03. The third-order valence-electron chi connectivity index (χ3n) is 2.05. The van der Waals surface area contributed by atoms with Gasteiger partial charge in [0.05, 0.1) is 7.05 Å². The molecule has 0 aliphatic carbocycles. The summed E-state index contributed by atoms with van der Waals surface area (Å²) in [6.45, 7) is 5.38.